The number of nitrogens with zero attached hydrogens (tertiary/aromatic N) is 1. The van der Waals surface area contributed by atoms with E-state index in [2.05, 4.69) is 15.9 Å². The maximum absolute atomic E-state index is 11.8. The minimum absolute atomic E-state index is 0.0193. The van der Waals surface area contributed by atoms with Crippen LogP contribution in [0, 0.1) is 12.8 Å². The van der Waals surface area contributed by atoms with Gasteiger partial charge in [-0.1, -0.05) is 15.9 Å². The van der Waals surface area contributed by atoms with Crippen molar-refractivity contribution in [2.45, 2.75) is 13.3 Å². The quantitative estimate of drug-likeness (QED) is 0.817. The summed E-state index contributed by atoms with van der Waals surface area (Å²) in [5.41, 5.74) is 8.29. The third kappa shape index (κ3) is 2.30. The molecule has 2 rings (SSSR count). The molecule has 5 heteroatoms. The molecule has 1 heterocycles. The van der Waals surface area contributed by atoms with E-state index in [-0.39, 0.29) is 18.4 Å². The number of aliphatic hydroxyl groups is 1. The fourth-order valence-electron chi connectivity index (χ4n) is 2.05. The summed E-state index contributed by atoms with van der Waals surface area (Å²) in [6.45, 7) is 2.54. The van der Waals surface area contributed by atoms with Crippen molar-refractivity contribution in [3.63, 3.8) is 0 Å². The molecule has 1 aromatic carbocycles. The summed E-state index contributed by atoms with van der Waals surface area (Å²) < 4.78 is 0.934. The molecule has 1 unspecified atom stereocenters. The maximum Gasteiger partial charge on any atom is 0.227 e. The molecule has 1 fully saturated rings. The molecule has 0 radical (unpaired) electrons. The van der Waals surface area contributed by atoms with E-state index < -0.39 is 0 Å². The van der Waals surface area contributed by atoms with E-state index in [1.807, 2.05) is 19.1 Å². The van der Waals surface area contributed by atoms with Gasteiger partial charge in [0.2, 0.25) is 5.91 Å². The molecule has 0 aromatic heterocycles. The summed E-state index contributed by atoms with van der Waals surface area (Å²) in [4.78, 5) is 13.5. The first-order chi connectivity index (χ1) is 8.02. The largest absolute Gasteiger partial charge is 0.397 e. The van der Waals surface area contributed by atoms with E-state index in [0.717, 1.165) is 15.7 Å². The minimum atomic E-state index is 0.0193. The highest BCUT2D eigenvalue weighted by molar-refractivity contribution is 9.10. The molecule has 0 aliphatic carbocycles. The number of anilines is 2. The highest BCUT2D eigenvalue weighted by atomic mass is 79.9. The summed E-state index contributed by atoms with van der Waals surface area (Å²) in [7, 11) is 0. The van der Waals surface area contributed by atoms with Crippen molar-refractivity contribution in [1.82, 2.24) is 0 Å². The number of carbonyl (C=O) groups excluding carboxylic acids is 1. The Bertz CT molecular complexity index is 462. The minimum Gasteiger partial charge on any atom is -0.397 e. The topological polar surface area (TPSA) is 66.6 Å². The molecule has 17 heavy (non-hydrogen) atoms. The molecule has 1 atom stereocenters. The van der Waals surface area contributed by atoms with Crippen LogP contribution in [0.1, 0.15) is 12.0 Å². The highest BCUT2D eigenvalue weighted by Crippen LogP contribution is 2.33. The summed E-state index contributed by atoms with van der Waals surface area (Å²) in [6.07, 6.45) is 0.394. The Labute approximate surface area is 109 Å². The number of hydrogen-bond donors (Lipinski definition) is 2. The molecule has 4 nitrogen and oxygen atoms in total. The fraction of sp³-hybridized carbons (Fsp3) is 0.417. The number of rotatable bonds is 2. The number of nitrogens with two attached hydrogens (primary N) is 1. The predicted octanol–water partition coefficient (Wildman–Crippen LogP) is 1.68. The van der Waals surface area contributed by atoms with Gasteiger partial charge in [0.1, 0.15) is 0 Å². The smallest absolute Gasteiger partial charge is 0.227 e. The lowest BCUT2D eigenvalue weighted by atomic mass is 10.1. The molecular formula is C12H15BrN2O2. The molecule has 0 bridgehead atoms. The van der Waals surface area contributed by atoms with Gasteiger partial charge in [0.25, 0.3) is 0 Å². The second kappa shape index (κ2) is 4.66. The number of amides is 1. The number of halogens is 1. The molecule has 0 spiro atoms. The van der Waals surface area contributed by atoms with Gasteiger partial charge in [0.15, 0.2) is 0 Å². The van der Waals surface area contributed by atoms with Crippen molar-refractivity contribution in [3.8, 4) is 0 Å². The van der Waals surface area contributed by atoms with Gasteiger partial charge in [-0.25, -0.2) is 0 Å². The van der Waals surface area contributed by atoms with Gasteiger partial charge in [-0.05, 0) is 24.6 Å². The zero-order chi connectivity index (χ0) is 12.6. The molecule has 0 saturated carbocycles. The van der Waals surface area contributed by atoms with Crippen molar-refractivity contribution in [1.29, 1.82) is 0 Å². The first-order valence-corrected chi connectivity index (χ1v) is 6.29. The monoisotopic (exact) mass is 298 g/mol. The second-order valence-electron chi connectivity index (χ2n) is 4.42. The Balaban J connectivity index is 2.35. The van der Waals surface area contributed by atoms with Crippen LogP contribution in [0.3, 0.4) is 0 Å². The van der Waals surface area contributed by atoms with Crippen LogP contribution in [-0.2, 0) is 4.79 Å². The fourth-order valence-corrected chi connectivity index (χ4v) is 2.41. The molecule has 92 valence electrons. The van der Waals surface area contributed by atoms with Crippen LogP contribution in [0.25, 0.3) is 0 Å². The van der Waals surface area contributed by atoms with E-state index in [1.54, 1.807) is 4.90 Å². The van der Waals surface area contributed by atoms with E-state index in [9.17, 15) is 4.79 Å². The maximum atomic E-state index is 11.8. The van der Waals surface area contributed by atoms with E-state index in [4.69, 9.17) is 10.8 Å². The van der Waals surface area contributed by atoms with Gasteiger partial charge < -0.3 is 15.7 Å². The SMILES string of the molecule is Cc1cc(N2CC(CO)CC2=O)c(N)cc1Br. The first-order valence-electron chi connectivity index (χ1n) is 5.49. The molecule has 3 N–H and O–H groups in total. The lowest BCUT2D eigenvalue weighted by Crippen LogP contribution is -2.26. The lowest BCUT2D eigenvalue weighted by Gasteiger charge is -2.19. The van der Waals surface area contributed by atoms with Crippen molar-refractivity contribution in [2.75, 3.05) is 23.8 Å². The Morgan fingerprint density at radius 1 is 1.59 bits per heavy atom. The number of carbonyl (C=O) groups is 1. The number of aliphatic hydroxyl groups excluding tert-OH is 1. The van der Waals surface area contributed by atoms with Crippen LogP contribution in [0.5, 0.6) is 0 Å². The second-order valence-corrected chi connectivity index (χ2v) is 5.27. The summed E-state index contributed by atoms with van der Waals surface area (Å²) in [6, 6.07) is 3.71. The molecule has 1 aliphatic rings. The molecule has 1 aromatic rings. The molecule has 1 saturated heterocycles. The van der Waals surface area contributed by atoms with Crippen LogP contribution < -0.4 is 10.6 Å². The normalized spacial score (nSPS) is 20.1. The average Bonchev–Trinajstić information content (AvgIpc) is 2.65. The van der Waals surface area contributed by atoms with Gasteiger partial charge in [-0.3, -0.25) is 4.79 Å². The van der Waals surface area contributed by atoms with Gasteiger partial charge in [-0.2, -0.15) is 0 Å². The van der Waals surface area contributed by atoms with Crippen LogP contribution in [-0.4, -0.2) is 24.2 Å². The third-order valence-corrected chi connectivity index (χ3v) is 3.92. The third-order valence-electron chi connectivity index (χ3n) is 3.06. The first kappa shape index (κ1) is 12.4. The van der Waals surface area contributed by atoms with E-state index in [0.29, 0.717) is 18.7 Å². The molecule has 1 aliphatic heterocycles. The Morgan fingerprint density at radius 2 is 2.29 bits per heavy atom. The van der Waals surface area contributed by atoms with Gasteiger partial charge in [0, 0.05) is 30.0 Å². The van der Waals surface area contributed by atoms with Crippen LogP contribution >= 0.6 is 15.9 Å². The predicted molar refractivity (Wildman–Crippen MR) is 70.8 cm³/mol. The average molecular weight is 299 g/mol. The zero-order valence-corrected chi connectivity index (χ0v) is 11.2. The van der Waals surface area contributed by atoms with Gasteiger partial charge >= 0.3 is 0 Å². The zero-order valence-electron chi connectivity index (χ0n) is 9.61. The van der Waals surface area contributed by atoms with Crippen molar-refractivity contribution >= 4 is 33.2 Å². The standard InChI is InChI=1S/C12H15BrN2O2/c1-7-2-11(10(14)4-9(7)13)15-5-8(6-16)3-12(15)17/h2,4,8,16H,3,5-6,14H2,1H3. The Hall–Kier alpha value is -1.07. The van der Waals surface area contributed by atoms with Crippen LogP contribution in [0.2, 0.25) is 0 Å². The van der Waals surface area contributed by atoms with Gasteiger partial charge in [0.05, 0.1) is 11.4 Å². The Morgan fingerprint density at radius 3 is 2.88 bits per heavy atom. The number of benzene rings is 1. The summed E-state index contributed by atoms with van der Waals surface area (Å²) >= 11 is 3.41. The van der Waals surface area contributed by atoms with E-state index in [1.165, 1.54) is 0 Å². The van der Waals surface area contributed by atoms with Crippen molar-refractivity contribution in [2.24, 2.45) is 5.92 Å². The number of hydrogen-bond acceptors (Lipinski definition) is 3. The molecule has 1 amide bonds. The Kier molecular flexibility index (Phi) is 3.40. The van der Waals surface area contributed by atoms with Crippen molar-refractivity contribution < 1.29 is 9.90 Å². The summed E-state index contributed by atoms with van der Waals surface area (Å²) in [5, 5.41) is 9.10. The van der Waals surface area contributed by atoms with Crippen LogP contribution in [0.15, 0.2) is 16.6 Å². The van der Waals surface area contributed by atoms with Crippen molar-refractivity contribution in [3.05, 3.63) is 22.2 Å². The number of nitrogen functional groups attached to an aromatic ring is 1. The lowest BCUT2D eigenvalue weighted by molar-refractivity contribution is -0.117. The number of aryl methyl sites for hydroxylation is 1. The summed E-state index contributed by atoms with van der Waals surface area (Å²) in [5.74, 6) is 0.0447. The highest BCUT2D eigenvalue weighted by Gasteiger charge is 2.31. The molecular weight excluding hydrogens is 284 g/mol. The van der Waals surface area contributed by atoms with Gasteiger partial charge in [-0.15, -0.1) is 0 Å². The van der Waals surface area contributed by atoms with E-state index >= 15 is 0 Å². The van der Waals surface area contributed by atoms with Crippen LogP contribution in [0.4, 0.5) is 11.4 Å².